The molecule has 0 aliphatic heterocycles. The molecule has 2 unspecified atom stereocenters. The predicted octanol–water partition coefficient (Wildman–Crippen LogP) is -0.438. The Morgan fingerprint density at radius 3 is 1.90 bits per heavy atom. The van der Waals surface area contributed by atoms with E-state index in [1.807, 2.05) is 0 Å². The molecule has 60 valence electrons. The molecule has 10 heavy (non-hydrogen) atoms. The maximum Gasteiger partial charge on any atom is 0.298 e. The summed E-state index contributed by atoms with van der Waals surface area (Å²) in [4.78, 5) is 10.1. The highest BCUT2D eigenvalue weighted by atomic mass is 19.3. The fourth-order valence-corrected chi connectivity index (χ4v) is 0.367. The lowest BCUT2D eigenvalue weighted by molar-refractivity contribution is -0.143. The van der Waals surface area contributed by atoms with Crippen LogP contribution in [-0.2, 0) is 4.79 Å². The van der Waals surface area contributed by atoms with Crippen molar-refractivity contribution >= 4 is 5.78 Å². The summed E-state index contributed by atoms with van der Waals surface area (Å²) in [6, 6.07) is 0. The first-order valence-electron chi connectivity index (χ1n) is 2.64. The van der Waals surface area contributed by atoms with E-state index in [0.29, 0.717) is 0 Å². The first kappa shape index (κ1) is 9.45. The zero-order valence-corrected chi connectivity index (χ0v) is 5.29. The van der Waals surface area contributed by atoms with Crippen molar-refractivity contribution in [3.05, 3.63) is 0 Å². The molecule has 3 nitrogen and oxygen atoms in total. The largest absolute Gasteiger partial charge is 0.390 e. The number of carbonyl (C=O) groups is 1. The maximum absolute atomic E-state index is 11.4. The van der Waals surface area contributed by atoms with Gasteiger partial charge in [0.1, 0.15) is 6.10 Å². The number of aliphatic hydroxyl groups is 2. The van der Waals surface area contributed by atoms with Crippen molar-refractivity contribution in [2.24, 2.45) is 0 Å². The van der Waals surface area contributed by atoms with Gasteiger partial charge in [0.2, 0.25) is 5.78 Å². The normalized spacial score (nSPS) is 17.0. The van der Waals surface area contributed by atoms with Gasteiger partial charge >= 0.3 is 0 Å². The van der Waals surface area contributed by atoms with Crippen LogP contribution in [0.4, 0.5) is 8.78 Å². The van der Waals surface area contributed by atoms with Gasteiger partial charge in [0.25, 0.3) is 6.43 Å². The standard InChI is InChI=1S/C5H8F2O3/c1-2(8)3(9)4(10)5(6)7/h2-3,5,8-9H,1H3. The van der Waals surface area contributed by atoms with E-state index in [2.05, 4.69) is 0 Å². The fourth-order valence-electron chi connectivity index (χ4n) is 0.367. The summed E-state index contributed by atoms with van der Waals surface area (Å²) in [6.07, 6.45) is -6.63. The van der Waals surface area contributed by atoms with Gasteiger partial charge in [-0.15, -0.1) is 0 Å². The van der Waals surface area contributed by atoms with Crippen molar-refractivity contribution in [3.8, 4) is 0 Å². The Hall–Kier alpha value is -0.550. The monoisotopic (exact) mass is 154 g/mol. The number of hydrogen-bond donors (Lipinski definition) is 2. The minimum Gasteiger partial charge on any atom is -0.390 e. The molecule has 0 spiro atoms. The number of carbonyl (C=O) groups excluding carboxylic acids is 1. The van der Waals surface area contributed by atoms with E-state index in [0.717, 1.165) is 6.92 Å². The minimum atomic E-state index is -3.22. The lowest BCUT2D eigenvalue weighted by Gasteiger charge is -2.10. The number of aliphatic hydroxyl groups excluding tert-OH is 2. The van der Waals surface area contributed by atoms with Crippen LogP contribution in [0.25, 0.3) is 0 Å². The second-order valence-corrected chi connectivity index (χ2v) is 1.89. The molecule has 2 atom stereocenters. The van der Waals surface area contributed by atoms with Gasteiger partial charge in [-0.05, 0) is 6.92 Å². The Morgan fingerprint density at radius 1 is 1.40 bits per heavy atom. The van der Waals surface area contributed by atoms with Crippen molar-refractivity contribution in [3.63, 3.8) is 0 Å². The van der Waals surface area contributed by atoms with E-state index in [9.17, 15) is 13.6 Å². The topological polar surface area (TPSA) is 57.5 Å². The molecule has 2 N–H and O–H groups in total. The third kappa shape index (κ3) is 2.36. The van der Waals surface area contributed by atoms with Crippen LogP contribution < -0.4 is 0 Å². The molecule has 0 aromatic rings. The Balaban J connectivity index is 3.95. The molecular weight excluding hydrogens is 146 g/mol. The number of alkyl halides is 2. The van der Waals surface area contributed by atoms with E-state index in [4.69, 9.17) is 10.2 Å². The quantitative estimate of drug-likeness (QED) is 0.579. The SMILES string of the molecule is CC(O)C(O)C(=O)C(F)F. The molecule has 0 rings (SSSR count). The van der Waals surface area contributed by atoms with Crippen molar-refractivity contribution in [2.45, 2.75) is 25.6 Å². The second-order valence-electron chi connectivity index (χ2n) is 1.89. The number of rotatable bonds is 3. The fraction of sp³-hybridized carbons (Fsp3) is 0.800. The third-order valence-electron chi connectivity index (χ3n) is 0.964. The zero-order valence-electron chi connectivity index (χ0n) is 5.29. The van der Waals surface area contributed by atoms with Crippen LogP contribution in [-0.4, -0.2) is 34.6 Å². The molecule has 0 aromatic carbocycles. The summed E-state index contributed by atoms with van der Waals surface area (Å²) in [5, 5.41) is 16.9. The van der Waals surface area contributed by atoms with Crippen molar-refractivity contribution in [1.29, 1.82) is 0 Å². The zero-order chi connectivity index (χ0) is 8.31. The number of hydrogen-bond acceptors (Lipinski definition) is 3. The molecule has 0 bridgehead atoms. The molecule has 0 amide bonds. The van der Waals surface area contributed by atoms with Gasteiger partial charge in [-0.1, -0.05) is 0 Å². The summed E-state index contributed by atoms with van der Waals surface area (Å²) in [6.45, 7) is 1.06. The number of halogens is 2. The molecule has 0 fully saturated rings. The smallest absolute Gasteiger partial charge is 0.298 e. The van der Waals surface area contributed by atoms with Crippen LogP contribution >= 0.6 is 0 Å². The summed E-state index contributed by atoms with van der Waals surface area (Å²) < 4.78 is 22.8. The molecule has 0 aliphatic rings. The van der Waals surface area contributed by atoms with Gasteiger partial charge in [-0.2, -0.15) is 0 Å². The van der Waals surface area contributed by atoms with Gasteiger partial charge in [0, 0.05) is 0 Å². The van der Waals surface area contributed by atoms with Gasteiger partial charge < -0.3 is 10.2 Å². The minimum absolute atomic E-state index is 1.06. The van der Waals surface area contributed by atoms with Crippen molar-refractivity contribution in [2.75, 3.05) is 0 Å². The molecule has 0 aromatic heterocycles. The van der Waals surface area contributed by atoms with E-state index in [1.165, 1.54) is 0 Å². The average molecular weight is 154 g/mol. The van der Waals surface area contributed by atoms with Crippen LogP contribution in [0.1, 0.15) is 6.92 Å². The first-order valence-corrected chi connectivity index (χ1v) is 2.64. The lowest BCUT2D eigenvalue weighted by Crippen LogP contribution is -2.35. The molecule has 0 aliphatic carbocycles. The predicted molar refractivity (Wildman–Crippen MR) is 28.7 cm³/mol. The third-order valence-corrected chi connectivity index (χ3v) is 0.964. The Kier molecular flexibility index (Phi) is 3.38. The van der Waals surface area contributed by atoms with Crippen LogP contribution in [0.2, 0.25) is 0 Å². The van der Waals surface area contributed by atoms with Gasteiger partial charge in [-0.3, -0.25) is 4.79 Å². The number of Topliss-reactive ketones (excluding diaryl/α,β-unsaturated/α-hetero) is 1. The van der Waals surface area contributed by atoms with E-state index >= 15 is 0 Å². The summed E-state index contributed by atoms with van der Waals surface area (Å²) in [5.74, 6) is -1.64. The first-order chi connectivity index (χ1) is 4.46. The van der Waals surface area contributed by atoms with Crippen LogP contribution in [0, 0.1) is 0 Å². The average Bonchev–Trinajstić information content (AvgIpc) is 1.84. The van der Waals surface area contributed by atoms with E-state index in [-0.39, 0.29) is 0 Å². The summed E-state index contributed by atoms with van der Waals surface area (Å²) in [7, 11) is 0. The summed E-state index contributed by atoms with van der Waals surface area (Å²) in [5.41, 5.74) is 0. The number of ketones is 1. The van der Waals surface area contributed by atoms with Crippen LogP contribution in [0.5, 0.6) is 0 Å². The Morgan fingerprint density at radius 2 is 1.80 bits per heavy atom. The molecule has 0 saturated heterocycles. The molecule has 0 radical (unpaired) electrons. The highest BCUT2D eigenvalue weighted by Gasteiger charge is 2.27. The van der Waals surface area contributed by atoms with Crippen LogP contribution in [0.15, 0.2) is 0 Å². The van der Waals surface area contributed by atoms with Crippen molar-refractivity contribution < 1.29 is 23.8 Å². The highest BCUT2D eigenvalue weighted by molar-refractivity contribution is 5.86. The molecule has 0 saturated carbocycles. The van der Waals surface area contributed by atoms with Crippen LogP contribution in [0.3, 0.4) is 0 Å². The lowest BCUT2D eigenvalue weighted by atomic mass is 10.1. The summed E-state index contributed by atoms with van der Waals surface area (Å²) >= 11 is 0. The van der Waals surface area contributed by atoms with Gasteiger partial charge in [-0.25, -0.2) is 8.78 Å². The molecule has 5 heteroatoms. The Bertz CT molecular complexity index is 124. The maximum atomic E-state index is 11.4. The molecular formula is C5H8F2O3. The highest BCUT2D eigenvalue weighted by Crippen LogP contribution is 2.02. The van der Waals surface area contributed by atoms with Crippen molar-refractivity contribution in [1.82, 2.24) is 0 Å². The van der Waals surface area contributed by atoms with Gasteiger partial charge in [0.15, 0.2) is 0 Å². The van der Waals surface area contributed by atoms with Gasteiger partial charge in [0.05, 0.1) is 6.10 Å². The molecule has 0 heterocycles. The Labute approximate surface area is 56.3 Å². The van der Waals surface area contributed by atoms with E-state index < -0.39 is 24.4 Å². The second kappa shape index (κ2) is 3.58. The van der Waals surface area contributed by atoms with E-state index in [1.54, 1.807) is 0 Å².